The molecule has 19 heavy (non-hydrogen) atoms. The summed E-state index contributed by atoms with van der Waals surface area (Å²) >= 11 is 0. The lowest BCUT2D eigenvalue weighted by Crippen LogP contribution is -2.12. The summed E-state index contributed by atoms with van der Waals surface area (Å²) in [6.45, 7) is 0.884. The standard InChI is InChI=1S/C17H20N2/c1-18-17-10-7-14-11-15(8-9-16(14)17)19-12-13-5-3-2-4-6-13/h2-6,8-9,11,17-19H,7,10,12H2,1H3. The fourth-order valence-electron chi connectivity index (χ4n) is 2.83. The van der Waals surface area contributed by atoms with E-state index in [1.165, 1.54) is 35.2 Å². The number of benzene rings is 2. The monoisotopic (exact) mass is 252 g/mol. The zero-order chi connectivity index (χ0) is 13.1. The summed E-state index contributed by atoms with van der Waals surface area (Å²) in [4.78, 5) is 0. The Kier molecular flexibility index (Phi) is 3.51. The van der Waals surface area contributed by atoms with Gasteiger partial charge in [0.1, 0.15) is 0 Å². The van der Waals surface area contributed by atoms with E-state index in [1.807, 2.05) is 7.05 Å². The van der Waals surface area contributed by atoms with Crippen molar-refractivity contribution >= 4 is 5.69 Å². The molecule has 98 valence electrons. The van der Waals surface area contributed by atoms with E-state index < -0.39 is 0 Å². The highest BCUT2D eigenvalue weighted by atomic mass is 14.9. The van der Waals surface area contributed by atoms with E-state index in [1.54, 1.807) is 0 Å². The summed E-state index contributed by atoms with van der Waals surface area (Å²) in [7, 11) is 2.04. The van der Waals surface area contributed by atoms with E-state index in [0.717, 1.165) is 6.54 Å². The van der Waals surface area contributed by atoms with Crippen LogP contribution in [0, 0.1) is 0 Å². The van der Waals surface area contributed by atoms with E-state index in [0.29, 0.717) is 6.04 Å². The van der Waals surface area contributed by atoms with E-state index in [9.17, 15) is 0 Å². The molecule has 2 nitrogen and oxygen atoms in total. The smallest absolute Gasteiger partial charge is 0.0400 e. The Bertz CT molecular complexity index is 548. The van der Waals surface area contributed by atoms with Gasteiger partial charge in [0.15, 0.2) is 0 Å². The van der Waals surface area contributed by atoms with Crippen LogP contribution < -0.4 is 10.6 Å². The van der Waals surface area contributed by atoms with Gasteiger partial charge < -0.3 is 10.6 Å². The molecule has 0 fully saturated rings. The van der Waals surface area contributed by atoms with Crippen LogP contribution in [-0.2, 0) is 13.0 Å². The number of rotatable bonds is 4. The Morgan fingerprint density at radius 1 is 1.11 bits per heavy atom. The molecule has 0 saturated carbocycles. The summed E-state index contributed by atoms with van der Waals surface area (Å²) in [6, 6.07) is 17.8. The lowest BCUT2D eigenvalue weighted by Gasteiger charge is -2.12. The Labute approximate surface area is 114 Å². The van der Waals surface area contributed by atoms with Crippen molar-refractivity contribution in [3.63, 3.8) is 0 Å². The van der Waals surface area contributed by atoms with Gasteiger partial charge in [0.05, 0.1) is 0 Å². The van der Waals surface area contributed by atoms with Gasteiger partial charge >= 0.3 is 0 Å². The predicted molar refractivity (Wildman–Crippen MR) is 80.3 cm³/mol. The molecule has 0 saturated heterocycles. The van der Waals surface area contributed by atoms with Crippen molar-refractivity contribution < 1.29 is 0 Å². The molecule has 1 aliphatic rings. The van der Waals surface area contributed by atoms with E-state index in [-0.39, 0.29) is 0 Å². The van der Waals surface area contributed by atoms with Crippen LogP contribution in [0.5, 0.6) is 0 Å². The quantitative estimate of drug-likeness (QED) is 0.870. The molecule has 0 aromatic heterocycles. The summed E-state index contributed by atoms with van der Waals surface area (Å²) in [5.74, 6) is 0. The van der Waals surface area contributed by atoms with Crippen molar-refractivity contribution in [1.82, 2.24) is 5.32 Å². The molecule has 1 aliphatic carbocycles. The predicted octanol–water partition coefficient (Wildman–Crippen LogP) is 3.51. The zero-order valence-electron chi connectivity index (χ0n) is 11.3. The minimum Gasteiger partial charge on any atom is -0.381 e. The molecule has 1 atom stereocenters. The van der Waals surface area contributed by atoms with Gasteiger partial charge in [0, 0.05) is 18.3 Å². The average Bonchev–Trinajstić information content (AvgIpc) is 2.88. The Morgan fingerprint density at radius 2 is 1.95 bits per heavy atom. The first kappa shape index (κ1) is 12.2. The molecule has 3 rings (SSSR count). The minimum absolute atomic E-state index is 0.540. The van der Waals surface area contributed by atoms with Gasteiger partial charge in [-0.2, -0.15) is 0 Å². The van der Waals surface area contributed by atoms with Gasteiger partial charge in [0.2, 0.25) is 0 Å². The SMILES string of the molecule is CNC1CCc2cc(NCc3ccccc3)ccc21. The summed E-state index contributed by atoms with van der Waals surface area (Å²) in [5.41, 5.74) is 5.49. The number of hydrogen-bond acceptors (Lipinski definition) is 2. The second-order valence-corrected chi connectivity index (χ2v) is 5.13. The normalized spacial score (nSPS) is 17.2. The number of nitrogens with one attached hydrogen (secondary N) is 2. The van der Waals surface area contributed by atoms with Gasteiger partial charge in [0.25, 0.3) is 0 Å². The lowest BCUT2D eigenvalue weighted by molar-refractivity contribution is 0.590. The highest BCUT2D eigenvalue weighted by Crippen LogP contribution is 2.32. The third kappa shape index (κ3) is 2.64. The molecule has 0 aliphatic heterocycles. The molecular weight excluding hydrogens is 232 g/mol. The van der Waals surface area contributed by atoms with Gasteiger partial charge in [-0.25, -0.2) is 0 Å². The van der Waals surface area contributed by atoms with Gasteiger partial charge in [-0.1, -0.05) is 36.4 Å². The highest BCUT2D eigenvalue weighted by Gasteiger charge is 2.20. The zero-order valence-corrected chi connectivity index (χ0v) is 11.3. The average molecular weight is 252 g/mol. The highest BCUT2D eigenvalue weighted by molar-refractivity contribution is 5.51. The number of hydrogen-bond donors (Lipinski definition) is 2. The van der Waals surface area contributed by atoms with Crippen LogP contribution in [0.15, 0.2) is 48.5 Å². The molecular formula is C17H20N2. The molecule has 0 amide bonds. The van der Waals surface area contributed by atoms with Gasteiger partial charge in [-0.15, -0.1) is 0 Å². The fourth-order valence-corrected chi connectivity index (χ4v) is 2.83. The topological polar surface area (TPSA) is 24.1 Å². The Hall–Kier alpha value is -1.80. The maximum absolute atomic E-state index is 3.50. The molecule has 2 heteroatoms. The fraction of sp³-hybridized carbons (Fsp3) is 0.294. The van der Waals surface area contributed by atoms with Crippen LogP contribution in [0.3, 0.4) is 0 Å². The minimum atomic E-state index is 0.540. The number of fused-ring (bicyclic) bond motifs is 1. The summed E-state index contributed by atoms with van der Waals surface area (Å²) in [5, 5.41) is 6.88. The number of anilines is 1. The van der Waals surface area contributed by atoms with Crippen molar-refractivity contribution in [3.8, 4) is 0 Å². The third-order valence-corrected chi connectivity index (χ3v) is 3.91. The maximum atomic E-state index is 3.50. The largest absolute Gasteiger partial charge is 0.381 e. The first-order valence-corrected chi connectivity index (χ1v) is 6.94. The molecule has 2 N–H and O–H groups in total. The first-order valence-electron chi connectivity index (χ1n) is 6.94. The molecule has 0 radical (unpaired) electrons. The lowest BCUT2D eigenvalue weighted by atomic mass is 10.1. The van der Waals surface area contributed by atoms with E-state index in [4.69, 9.17) is 0 Å². The number of aryl methyl sites for hydroxylation is 1. The van der Waals surface area contributed by atoms with Crippen molar-refractivity contribution in [2.24, 2.45) is 0 Å². The van der Waals surface area contributed by atoms with Crippen molar-refractivity contribution in [1.29, 1.82) is 0 Å². The van der Waals surface area contributed by atoms with Crippen molar-refractivity contribution in [2.75, 3.05) is 12.4 Å². The van der Waals surface area contributed by atoms with Crippen LogP contribution in [0.1, 0.15) is 29.2 Å². The van der Waals surface area contributed by atoms with Crippen LogP contribution in [0.4, 0.5) is 5.69 Å². The Morgan fingerprint density at radius 3 is 2.74 bits per heavy atom. The van der Waals surface area contributed by atoms with Crippen molar-refractivity contribution in [2.45, 2.75) is 25.4 Å². The first-order chi connectivity index (χ1) is 9.36. The third-order valence-electron chi connectivity index (χ3n) is 3.91. The van der Waals surface area contributed by atoms with Gasteiger partial charge in [-0.05, 0) is 48.7 Å². The molecule has 2 aromatic rings. The van der Waals surface area contributed by atoms with Crippen molar-refractivity contribution in [3.05, 3.63) is 65.2 Å². The van der Waals surface area contributed by atoms with E-state index >= 15 is 0 Å². The van der Waals surface area contributed by atoms with Crippen LogP contribution in [0.25, 0.3) is 0 Å². The molecule has 0 spiro atoms. The maximum Gasteiger partial charge on any atom is 0.0400 e. The van der Waals surface area contributed by atoms with Gasteiger partial charge in [-0.3, -0.25) is 0 Å². The molecule has 0 bridgehead atoms. The van der Waals surface area contributed by atoms with Crippen LogP contribution in [-0.4, -0.2) is 7.05 Å². The second kappa shape index (κ2) is 5.45. The van der Waals surface area contributed by atoms with Crippen LogP contribution in [0.2, 0.25) is 0 Å². The molecule has 0 heterocycles. The Balaban J connectivity index is 1.70. The van der Waals surface area contributed by atoms with Crippen LogP contribution >= 0.6 is 0 Å². The summed E-state index contributed by atoms with van der Waals surface area (Å²) in [6.07, 6.45) is 2.40. The van der Waals surface area contributed by atoms with E-state index in [2.05, 4.69) is 59.2 Å². The summed E-state index contributed by atoms with van der Waals surface area (Å²) < 4.78 is 0. The molecule has 1 unspecified atom stereocenters. The molecule has 2 aromatic carbocycles. The second-order valence-electron chi connectivity index (χ2n) is 5.13.